The van der Waals surface area contributed by atoms with E-state index in [0.29, 0.717) is 63.7 Å². The summed E-state index contributed by atoms with van der Waals surface area (Å²) in [6, 6.07) is 9.05. The Morgan fingerprint density at radius 3 is 2.47 bits per heavy atom. The number of fused-ring (bicyclic) bond motifs is 1. The average Bonchev–Trinajstić information content (AvgIpc) is 3.31. The van der Waals surface area contributed by atoms with E-state index in [1.807, 2.05) is 4.90 Å². The SMILES string of the molecule is Cc1ccc2sc(N3CCN(C(=O)c4ccc(N5CCOCC5)c([N+](=O)[O-])c4)CC3)nc2c1C. The largest absolute Gasteiger partial charge is 0.378 e. The maximum atomic E-state index is 13.2. The Bertz CT molecular complexity index is 1250. The van der Waals surface area contributed by atoms with Crippen molar-refractivity contribution in [2.24, 2.45) is 0 Å². The number of aromatic nitrogens is 1. The molecule has 0 spiro atoms. The molecule has 0 bridgehead atoms. The summed E-state index contributed by atoms with van der Waals surface area (Å²) in [5.41, 5.74) is 4.33. The maximum Gasteiger partial charge on any atom is 0.293 e. The molecule has 0 aliphatic carbocycles. The predicted octanol–water partition coefficient (Wildman–Crippen LogP) is 3.62. The smallest absolute Gasteiger partial charge is 0.293 e. The molecule has 2 fully saturated rings. The van der Waals surface area contributed by atoms with Crippen molar-refractivity contribution in [3.05, 3.63) is 57.1 Å². The van der Waals surface area contributed by atoms with Crippen LogP contribution in [-0.2, 0) is 4.74 Å². The fourth-order valence-electron chi connectivity index (χ4n) is 4.51. The summed E-state index contributed by atoms with van der Waals surface area (Å²) in [5, 5.41) is 12.7. The van der Waals surface area contributed by atoms with Crippen LogP contribution in [0.3, 0.4) is 0 Å². The van der Waals surface area contributed by atoms with Crippen LogP contribution >= 0.6 is 11.3 Å². The summed E-state index contributed by atoms with van der Waals surface area (Å²) >= 11 is 1.68. The van der Waals surface area contributed by atoms with Gasteiger partial charge in [-0.3, -0.25) is 14.9 Å². The third kappa shape index (κ3) is 4.19. The molecule has 178 valence electrons. The number of benzene rings is 2. The molecule has 0 unspecified atom stereocenters. The zero-order chi connectivity index (χ0) is 23.8. The third-order valence-electron chi connectivity index (χ3n) is 6.68. The van der Waals surface area contributed by atoms with Crippen molar-refractivity contribution >= 4 is 44.0 Å². The van der Waals surface area contributed by atoms with Crippen molar-refractivity contribution in [3.63, 3.8) is 0 Å². The van der Waals surface area contributed by atoms with E-state index in [1.165, 1.54) is 21.9 Å². The molecule has 0 radical (unpaired) electrons. The van der Waals surface area contributed by atoms with E-state index in [0.717, 1.165) is 10.6 Å². The second-order valence-electron chi connectivity index (χ2n) is 8.69. The Kier molecular flexibility index (Phi) is 6.09. The van der Waals surface area contributed by atoms with Crippen LogP contribution in [0.2, 0.25) is 0 Å². The monoisotopic (exact) mass is 481 g/mol. The summed E-state index contributed by atoms with van der Waals surface area (Å²) in [6.45, 7) is 8.91. The number of aryl methyl sites for hydroxylation is 2. The van der Waals surface area contributed by atoms with Crippen molar-refractivity contribution in [1.82, 2.24) is 9.88 Å². The molecule has 0 N–H and O–H groups in total. The number of morpholine rings is 1. The number of rotatable bonds is 4. The lowest BCUT2D eigenvalue weighted by molar-refractivity contribution is -0.384. The molecule has 5 rings (SSSR count). The number of carbonyl (C=O) groups is 1. The molecule has 1 amide bonds. The standard InChI is InChI=1S/C24H27N5O4S/c1-16-3-6-21-22(17(16)2)25-24(34-21)28-9-7-27(8-10-28)23(30)18-4-5-19(20(15-18)29(31)32)26-11-13-33-14-12-26/h3-6,15H,7-14H2,1-2H3. The highest BCUT2D eigenvalue weighted by molar-refractivity contribution is 7.22. The van der Waals surface area contributed by atoms with Gasteiger partial charge in [0.15, 0.2) is 5.13 Å². The lowest BCUT2D eigenvalue weighted by Crippen LogP contribution is -2.48. The number of nitrogens with zero attached hydrogens (tertiary/aromatic N) is 5. The first-order valence-corrected chi connectivity index (χ1v) is 12.3. The van der Waals surface area contributed by atoms with Crippen molar-refractivity contribution in [2.45, 2.75) is 13.8 Å². The van der Waals surface area contributed by atoms with E-state index in [-0.39, 0.29) is 11.6 Å². The second-order valence-corrected chi connectivity index (χ2v) is 9.70. The molecule has 2 aliphatic rings. The van der Waals surface area contributed by atoms with E-state index in [9.17, 15) is 14.9 Å². The molecule has 34 heavy (non-hydrogen) atoms. The quantitative estimate of drug-likeness (QED) is 0.415. The molecule has 2 saturated heterocycles. The van der Waals surface area contributed by atoms with Crippen molar-refractivity contribution in [3.8, 4) is 0 Å². The van der Waals surface area contributed by atoms with Crippen LogP contribution in [0.25, 0.3) is 10.2 Å². The van der Waals surface area contributed by atoms with Gasteiger partial charge in [0.25, 0.3) is 11.6 Å². The highest BCUT2D eigenvalue weighted by Crippen LogP contribution is 2.33. The van der Waals surface area contributed by atoms with Crippen LogP contribution < -0.4 is 9.80 Å². The van der Waals surface area contributed by atoms with Crippen LogP contribution in [0.5, 0.6) is 0 Å². The van der Waals surface area contributed by atoms with Gasteiger partial charge >= 0.3 is 0 Å². The number of hydrogen-bond donors (Lipinski definition) is 0. The van der Waals surface area contributed by atoms with E-state index in [4.69, 9.17) is 9.72 Å². The summed E-state index contributed by atoms with van der Waals surface area (Å²) in [5.74, 6) is -0.174. The molecule has 3 aromatic rings. The first-order chi connectivity index (χ1) is 16.4. The second kappa shape index (κ2) is 9.19. The number of nitro benzene ring substituents is 1. The first kappa shape index (κ1) is 22.5. The van der Waals surface area contributed by atoms with E-state index >= 15 is 0 Å². The first-order valence-electron chi connectivity index (χ1n) is 11.4. The maximum absolute atomic E-state index is 13.2. The fraction of sp³-hybridized carbons (Fsp3) is 0.417. The normalized spacial score (nSPS) is 16.8. The Morgan fingerprint density at radius 2 is 1.76 bits per heavy atom. The van der Waals surface area contributed by atoms with Gasteiger partial charge < -0.3 is 19.4 Å². The Hall–Kier alpha value is -3.24. The molecule has 10 heteroatoms. The van der Waals surface area contributed by atoms with Crippen LogP contribution in [0.4, 0.5) is 16.5 Å². The van der Waals surface area contributed by atoms with Crippen LogP contribution in [-0.4, -0.2) is 73.2 Å². The van der Waals surface area contributed by atoms with Crippen molar-refractivity contribution in [2.75, 3.05) is 62.3 Å². The molecule has 0 saturated carbocycles. The van der Waals surface area contributed by atoms with Crippen molar-refractivity contribution < 1.29 is 14.5 Å². The highest BCUT2D eigenvalue weighted by atomic mass is 32.1. The highest BCUT2D eigenvalue weighted by Gasteiger charge is 2.27. The van der Waals surface area contributed by atoms with E-state index < -0.39 is 4.92 Å². The molecule has 2 aliphatic heterocycles. The Balaban J connectivity index is 1.29. The zero-order valence-electron chi connectivity index (χ0n) is 19.3. The van der Waals surface area contributed by atoms with E-state index in [1.54, 1.807) is 28.4 Å². The van der Waals surface area contributed by atoms with Crippen LogP contribution in [0.1, 0.15) is 21.5 Å². The van der Waals surface area contributed by atoms with Gasteiger partial charge in [-0.2, -0.15) is 0 Å². The molecular formula is C24H27N5O4S. The number of carbonyl (C=O) groups excluding carboxylic acids is 1. The van der Waals surface area contributed by atoms with Gasteiger partial charge in [0.2, 0.25) is 0 Å². The van der Waals surface area contributed by atoms with Gasteiger partial charge in [-0.15, -0.1) is 0 Å². The lowest BCUT2D eigenvalue weighted by atomic mass is 10.1. The van der Waals surface area contributed by atoms with Crippen molar-refractivity contribution in [1.29, 1.82) is 0 Å². The van der Waals surface area contributed by atoms with Crippen LogP contribution in [0, 0.1) is 24.0 Å². The number of nitro groups is 1. The summed E-state index contributed by atoms with van der Waals surface area (Å²) in [6.07, 6.45) is 0. The minimum atomic E-state index is -0.406. The Morgan fingerprint density at radius 1 is 1.03 bits per heavy atom. The van der Waals surface area contributed by atoms with Gasteiger partial charge in [0.1, 0.15) is 5.69 Å². The van der Waals surface area contributed by atoms with Gasteiger partial charge in [-0.05, 0) is 43.2 Å². The third-order valence-corrected chi connectivity index (χ3v) is 7.76. The number of thiazole rings is 1. The molecule has 0 atom stereocenters. The summed E-state index contributed by atoms with van der Waals surface area (Å²) in [4.78, 5) is 35.3. The fourth-order valence-corrected chi connectivity index (χ4v) is 5.58. The van der Waals surface area contributed by atoms with Gasteiger partial charge in [0.05, 0.1) is 28.4 Å². The summed E-state index contributed by atoms with van der Waals surface area (Å²) < 4.78 is 6.52. The molecule has 1 aromatic heterocycles. The number of hydrogen-bond acceptors (Lipinski definition) is 8. The molecular weight excluding hydrogens is 454 g/mol. The molecule has 9 nitrogen and oxygen atoms in total. The molecule has 3 heterocycles. The Labute approximate surface area is 201 Å². The predicted molar refractivity (Wildman–Crippen MR) is 133 cm³/mol. The number of ether oxygens (including phenoxy) is 1. The van der Waals surface area contributed by atoms with Crippen LogP contribution in [0.15, 0.2) is 30.3 Å². The summed E-state index contributed by atoms with van der Waals surface area (Å²) in [7, 11) is 0. The van der Waals surface area contributed by atoms with E-state index in [2.05, 4.69) is 30.9 Å². The topological polar surface area (TPSA) is 92.0 Å². The molecule has 2 aromatic carbocycles. The zero-order valence-corrected chi connectivity index (χ0v) is 20.1. The lowest BCUT2D eigenvalue weighted by Gasteiger charge is -2.34. The number of piperazine rings is 1. The average molecular weight is 482 g/mol. The van der Waals surface area contributed by atoms with Gasteiger partial charge in [-0.25, -0.2) is 4.98 Å². The van der Waals surface area contributed by atoms with Gasteiger partial charge in [-0.1, -0.05) is 17.4 Å². The number of anilines is 2. The minimum absolute atomic E-state index is 0.0356. The van der Waals surface area contributed by atoms with Gasteiger partial charge in [0, 0.05) is 50.9 Å². The number of amides is 1. The minimum Gasteiger partial charge on any atom is -0.378 e.